The molecule has 170 valence electrons. The molecular weight excluding hydrogens is 523 g/mol. The molecule has 0 bridgehead atoms. The lowest BCUT2D eigenvalue weighted by molar-refractivity contribution is 0.215. The van der Waals surface area contributed by atoms with Crippen LogP contribution in [0, 0.1) is 5.92 Å². The Labute approximate surface area is 203 Å². The topological polar surface area (TPSA) is 73.8 Å². The van der Waals surface area contributed by atoms with E-state index in [4.69, 9.17) is 0 Å². The molecule has 8 heteroatoms. The van der Waals surface area contributed by atoms with Gasteiger partial charge < -0.3 is 10.2 Å². The molecule has 0 amide bonds. The molecule has 1 fully saturated rings. The Morgan fingerprint density at radius 1 is 1.13 bits per heavy atom. The molecule has 2 unspecified atom stereocenters. The predicted molar refractivity (Wildman–Crippen MR) is 137 cm³/mol. The first kappa shape index (κ1) is 25.6. The van der Waals surface area contributed by atoms with Gasteiger partial charge in [-0.1, -0.05) is 55.8 Å². The SMILES string of the molecule is CCC1CN(C(=NC)NCc2ccc(S(=O)(=O)NC)cc2)CCC1c1ccccc1.I. The highest BCUT2D eigenvalue weighted by atomic mass is 127. The molecule has 0 saturated carbocycles. The number of likely N-dealkylation sites (tertiary alicyclic amines) is 1. The molecule has 1 heterocycles. The largest absolute Gasteiger partial charge is 0.352 e. The quantitative estimate of drug-likeness (QED) is 0.323. The molecule has 2 aromatic carbocycles. The highest BCUT2D eigenvalue weighted by molar-refractivity contribution is 14.0. The van der Waals surface area contributed by atoms with Gasteiger partial charge >= 0.3 is 0 Å². The van der Waals surface area contributed by atoms with Crippen LogP contribution >= 0.6 is 24.0 Å². The van der Waals surface area contributed by atoms with Crippen LogP contribution in [0.1, 0.15) is 36.8 Å². The van der Waals surface area contributed by atoms with Gasteiger partial charge in [-0.25, -0.2) is 13.1 Å². The van der Waals surface area contributed by atoms with Gasteiger partial charge in [0.05, 0.1) is 4.90 Å². The third-order valence-electron chi connectivity index (χ3n) is 5.95. The van der Waals surface area contributed by atoms with E-state index in [0.717, 1.165) is 37.5 Å². The summed E-state index contributed by atoms with van der Waals surface area (Å²) in [5, 5.41) is 3.44. The highest BCUT2D eigenvalue weighted by Gasteiger charge is 2.30. The smallest absolute Gasteiger partial charge is 0.240 e. The average Bonchev–Trinajstić information content (AvgIpc) is 2.80. The molecule has 6 nitrogen and oxygen atoms in total. The lowest BCUT2D eigenvalue weighted by Crippen LogP contribution is -2.48. The molecule has 0 aliphatic carbocycles. The van der Waals surface area contributed by atoms with Crippen LogP contribution in [0.2, 0.25) is 0 Å². The maximum absolute atomic E-state index is 11.9. The second-order valence-corrected chi connectivity index (χ2v) is 9.56. The first-order valence-electron chi connectivity index (χ1n) is 10.5. The fourth-order valence-electron chi connectivity index (χ4n) is 4.19. The molecule has 0 aromatic heterocycles. The standard InChI is InChI=1S/C23H32N4O2S.HI/c1-4-19-17-27(15-14-22(19)20-8-6-5-7-9-20)23(24-2)26-16-18-10-12-21(13-11-18)30(28,29)25-3;/h5-13,19,22,25H,4,14-17H2,1-3H3,(H,24,26);1H. The van der Waals surface area contributed by atoms with Crippen molar-refractivity contribution < 1.29 is 8.42 Å². The summed E-state index contributed by atoms with van der Waals surface area (Å²) in [5.41, 5.74) is 2.45. The number of sulfonamides is 1. The van der Waals surface area contributed by atoms with Crippen LogP contribution in [0.4, 0.5) is 0 Å². The zero-order valence-electron chi connectivity index (χ0n) is 18.4. The van der Waals surface area contributed by atoms with Crippen LogP contribution in [-0.2, 0) is 16.6 Å². The molecule has 0 spiro atoms. The molecule has 1 aliphatic heterocycles. The molecule has 0 radical (unpaired) electrons. The number of nitrogens with one attached hydrogen (secondary N) is 2. The molecule has 2 atom stereocenters. The highest BCUT2D eigenvalue weighted by Crippen LogP contribution is 2.34. The van der Waals surface area contributed by atoms with Gasteiger partial charge in [-0.3, -0.25) is 4.99 Å². The Hall–Kier alpha value is -1.65. The van der Waals surface area contributed by atoms with Crippen LogP contribution in [0.15, 0.2) is 64.5 Å². The summed E-state index contributed by atoms with van der Waals surface area (Å²) in [6.45, 7) is 4.81. The van der Waals surface area contributed by atoms with Gasteiger partial charge in [0.15, 0.2) is 5.96 Å². The lowest BCUT2D eigenvalue weighted by atomic mass is 9.79. The minimum absolute atomic E-state index is 0. The van der Waals surface area contributed by atoms with Crippen LogP contribution in [0.3, 0.4) is 0 Å². The van der Waals surface area contributed by atoms with E-state index in [1.54, 1.807) is 12.1 Å². The van der Waals surface area contributed by atoms with Crippen molar-refractivity contribution in [2.24, 2.45) is 10.9 Å². The van der Waals surface area contributed by atoms with Gasteiger partial charge in [-0.2, -0.15) is 0 Å². The Bertz CT molecular complexity index is 949. The summed E-state index contributed by atoms with van der Waals surface area (Å²) in [7, 11) is -0.177. The van der Waals surface area contributed by atoms with Gasteiger partial charge in [0.1, 0.15) is 0 Å². The zero-order chi connectivity index (χ0) is 21.6. The van der Waals surface area contributed by atoms with Crippen LogP contribution in [-0.4, -0.2) is 46.5 Å². The van der Waals surface area contributed by atoms with Crippen molar-refractivity contribution in [2.75, 3.05) is 27.2 Å². The zero-order valence-corrected chi connectivity index (χ0v) is 21.6. The van der Waals surface area contributed by atoms with Gasteiger partial charge in [0.2, 0.25) is 10.0 Å². The number of hydrogen-bond donors (Lipinski definition) is 2. The van der Waals surface area contributed by atoms with Crippen molar-refractivity contribution in [2.45, 2.75) is 37.1 Å². The summed E-state index contributed by atoms with van der Waals surface area (Å²) >= 11 is 0. The minimum atomic E-state index is -3.41. The van der Waals surface area contributed by atoms with Gasteiger partial charge in [-0.15, -0.1) is 24.0 Å². The second kappa shape index (κ2) is 11.8. The first-order valence-corrected chi connectivity index (χ1v) is 12.0. The van der Waals surface area contributed by atoms with Crippen molar-refractivity contribution in [3.8, 4) is 0 Å². The fourth-order valence-corrected chi connectivity index (χ4v) is 4.93. The Kier molecular flexibility index (Phi) is 9.77. The molecule has 2 aromatic rings. The van der Waals surface area contributed by atoms with Crippen LogP contribution in [0.5, 0.6) is 0 Å². The summed E-state index contributed by atoms with van der Waals surface area (Å²) in [6, 6.07) is 17.7. The Balaban J connectivity index is 0.00000341. The molecule has 1 saturated heterocycles. The maximum atomic E-state index is 11.9. The number of halogens is 1. The van der Waals surface area contributed by atoms with E-state index in [-0.39, 0.29) is 28.9 Å². The Morgan fingerprint density at radius 2 is 1.81 bits per heavy atom. The summed E-state index contributed by atoms with van der Waals surface area (Å²) in [5.74, 6) is 2.07. The van der Waals surface area contributed by atoms with E-state index < -0.39 is 10.0 Å². The van der Waals surface area contributed by atoms with Gasteiger partial charge in [0, 0.05) is 26.7 Å². The number of rotatable bonds is 6. The van der Waals surface area contributed by atoms with E-state index in [1.807, 2.05) is 19.2 Å². The molecule has 1 aliphatic rings. The minimum Gasteiger partial charge on any atom is -0.352 e. The van der Waals surface area contributed by atoms with Crippen molar-refractivity contribution in [1.29, 1.82) is 0 Å². The Morgan fingerprint density at radius 3 is 2.39 bits per heavy atom. The van der Waals surface area contributed by atoms with Crippen molar-refractivity contribution in [3.05, 3.63) is 65.7 Å². The van der Waals surface area contributed by atoms with E-state index >= 15 is 0 Å². The predicted octanol–water partition coefficient (Wildman–Crippen LogP) is 3.80. The van der Waals surface area contributed by atoms with Crippen molar-refractivity contribution in [3.63, 3.8) is 0 Å². The van der Waals surface area contributed by atoms with Crippen LogP contribution in [0.25, 0.3) is 0 Å². The lowest BCUT2D eigenvalue weighted by Gasteiger charge is -2.40. The summed E-state index contributed by atoms with van der Waals surface area (Å²) < 4.78 is 26.1. The van der Waals surface area contributed by atoms with Gasteiger partial charge in [-0.05, 0) is 48.6 Å². The fraction of sp³-hybridized carbons (Fsp3) is 0.435. The van der Waals surface area contributed by atoms with E-state index in [0.29, 0.717) is 18.4 Å². The molecular formula is C23H33IN4O2S. The van der Waals surface area contributed by atoms with Gasteiger partial charge in [0.25, 0.3) is 0 Å². The van der Waals surface area contributed by atoms with E-state index in [2.05, 4.69) is 57.2 Å². The monoisotopic (exact) mass is 556 g/mol. The first-order chi connectivity index (χ1) is 14.5. The summed E-state index contributed by atoms with van der Waals surface area (Å²) in [6.07, 6.45) is 2.24. The second-order valence-electron chi connectivity index (χ2n) is 7.67. The third kappa shape index (κ3) is 6.43. The molecule has 31 heavy (non-hydrogen) atoms. The third-order valence-corrected chi connectivity index (χ3v) is 7.38. The maximum Gasteiger partial charge on any atom is 0.240 e. The van der Waals surface area contributed by atoms with Crippen molar-refractivity contribution >= 4 is 40.0 Å². The number of nitrogens with zero attached hydrogens (tertiary/aromatic N) is 2. The number of benzene rings is 2. The molecule has 2 N–H and O–H groups in total. The van der Waals surface area contributed by atoms with Crippen molar-refractivity contribution in [1.82, 2.24) is 14.9 Å². The number of piperidine rings is 1. The normalized spacial score (nSPS) is 19.6. The average molecular weight is 557 g/mol. The van der Waals surface area contributed by atoms with E-state index in [1.165, 1.54) is 12.6 Å². The van der Waals surface area contributed by atoms with Crippen LogP contribution < -0.4 is 10.0 Å². The summed E-state index contributed by atoms with van der Waals surface area (Å²) in [4.78, 5) is 7.10. The number of hydrogen-bond acceptors (Lipinski definition) is 3. The number of aliphatic imine (C=N–C) groups is 1. The van der Waals surface area contributed by atoms with E-state index in [9.17, 15) is 8.42 Å². The molecule has 3 rings (SSSR count). The number of guanidine groups is 1.